The van der Waals surface area contributed by atoms with Crippen molar-refractivity contribution in [2.75, 3.05) is 5.73 Å². The van der Waals surface area contributed by atoms with Gasteiger partial charge in [0.05, 0.1) is 4.47 Å². The molecule has 0 saturated carbocycles. The quantitative estimate of drug-likeness (QED) is 0.809. The summed E-state index contributed by atoms with van der Waals surface area (Å²) in [7, 11) is 0. The van der Waals surface area contributed by atoms with E-state index in [0.717, 1.165) is 11.6 Å². The van der Waals surface area contributed by atoms with E-state index in [9.17, 15) is 8.78 Å². The summed E-state index contributed by atoms with van der Waals surface area (Å²) in [6.45, 7) is 3.89. The van der Waals surface area contributed by atoms with Crippen LogP contribution in [0.4, 0.5) is 14.6 Å². The normalized spacial score (nSPS) is 11.4. The fourth-order valence-electron chi connectivity index (χ4n) is 1.73. The van der Waals surface area contributed by atoms with Crippen LogP contribution in [0.3, 0.4) is 0 Å². The molecule has 0 amide bonds. The first-order valence-corrected chi connectivity index (χ1v) is 5.94. The second-order valence-corrected chi connectivity index (χ2v) is 4.96. The number of hydrogen-bond acceptors (Lipinski definition) is 2. The number of halogens is 3. The minimum atomic E-state index is -0.706. The number of nitrogen functional groups attached to an aromatic ring is 1. The van der Waals surface area contributed by atoms with Crippen LogP contribution in [0.1, 0.15) is 25.3 Å². The second-order valence-electron chi connectivity index (χ2n) is 4.17. The van der Waals surface area contributed by atoms with Gasteiger partial charge < -0.3 is 5.73 Å². The highest BCUT2D eigenvalue weighted by Crippen LogP contribution is 2.32. The molecule has 1 aromatic heterocycles. The number of fused-ring (bicyclic) bond motifs is 1. The fourth-order valence-corrected chi connectivity index (χ4v) is 2.14. The van der Waals surface area contributed by atoms with Gasteiger partial charge in [-0.1, -0.05) is 13.8 Å². The van der Waals surface area contributed by atoms with E-state index in [2.05, 4.69) is 20.9 Å². The van der Waals surface area contributed by atoms with E-state index in [0.29, 0.717) is 5.39 Å². The van der Waals surface area contributed by atoms with E-state index < -0.39 is 11.6 Å². The minimum Gasteiger partial charge on any atom is -0.383 e. The number of aromatic nitrogens is 1. The van der Waals surface area contributed by atoms with Crippen molar-refractivity contribution < 1.29 is 8.78 Å². The third-order valence-corrected chi connectivity index (χ3v) is 3.44. The number of anilines is 1. The van der Waals surface area contributed by atoms with Gasteiger partial charge in [-0.2, -0.15) is 0 Å². The van der Waals surface area contributed by atoms with Crippen LogP contribution in [-0.4, -0.2) is 4.98 Å². The molecule has 1 heterocycles. The molecule has 0 fully saturated rings. The van der Waals surface area contributed by atoms with Crippen LogP contribution in [0.2, 0.25) is 0 Å². The lowest BCUT2D eigenvalue weighted by Crippen LogP contribution is -2.02. The lowest BCUT2D eigenvalue weighted by Gasteiger charge is -2.11. The number of nitrogens with two attached hydrogens (primary N) is 1. The van der Waals surface area contributed by atoms with Crippen LogP contribution in [0.5, 0.6) is 0 Å². The minimum absolute atomic E-state index is 0.0835. The van der Waals surface area contributed by atoms with Gasteiger partial charge in [-0.25, -0.2) is 13.8 Å². The first-order valence-electron chi connectivity index (χ1n) is 5.15. The van der Waals surface area contributed by atoms with E-state index in [1.54, 1.807) is 6.07 Å². The standard InChI is InChI=1S/C12H11BrF2N2/c1-5(2)6-3-7-10(13)8(14)4-9(15)11(7)17-12(6)16/h3-5H,1-2H3,(H2,16,17). The van der Waals surface area contributed by atoms with Crippen LogP contribution in [0.15, 0.2) is 16.6 Å². The Morgan fingerprint density at radius 3 is 2.47 bits per heavy atom. The average molecular weight is 301 g/mol. The smallest absolute Gasteiger partial charge is 0.152 e. The Morgan fingerprint density at radius 1 is 1.24 bits per heavy atom. The van der Waals surface area contributed by atoms with Crippen LogP contribution < -0.4 is 5.73 Å². The first kappa shape index (κ1) is 12.2. The zero-order chi connectivity index (χ0) is 12.7. The summed E-state index contributed by atoms with van der Waals surface area (Å²) in [5, 5.41) is 0.403. The molecule has 1 aromatic carbocycles. The Morgan fingerprint density at radius 2 is 1.88 bits per heavy atom. The molecule has 5 heteroatoms. The highest BCUT2D eigenvalue weighted by Gasteiger charge is 2.15. The summed E-state index contributed by atoms with van der Waals surface area (Å²) >= 11 is 3.10. The summed E-state index contributed by atoms with van der Waals surface area (Å²) in [6.07, 6.45) is 0. The third-order valence-electron chi connectivity index (χ3n) is 2.63. The summed E-state index contributed by atoms with van der Waals surface area (Å²) in [5.74, 6) is -0.922. The molecule has 0 unspecified atom stereocenters. The largest absolute Gasteiger partial charge is 0.383 e. The number of rotatable bonds is 1. The molecule has 0 aliphatic rings. The molecule has 17 heavy (non-hydrogen) atoms. The summed E-state index contributed by atoms with van der Waals surface area (Å²) in [6, 6.07) is 2.48. The molecule has 0 spiro atoms. The molecule has 0 atom stereocenters. The van der Waals surface area contributed by atoms with Gasteiger partial charge in [-0.15, -0.1) is 0 Å². The fraction of sp³-hybridized carbons (Fsp3) is 0.250. The molecule has 0 aliphatic carbocycles. The molecule has 90 valence electrons. The van der Waals surface area contributed by atoms with Crippen molar-refractivity contribution in [2.24, 2.45) is 0 Å². The molecule has 0 bridgehead atoms. The van der Waals surface area contributed by atoms with E-state index >= 15 is 0 Å². The Kier molecular flexibility index (Phi) is 3.03. The number of nitrogens with zero attached hydrogens (tertiary/aromatic N) is 1. The van der Waals surface area contributed by atoms with E-state index in [1.165, 1.54) is 0 Å². The van der Waals surface area contributed by atoms with Crippen LogP contribution in [-0.2, 0) is 0 Å². The lowest BCUT2D eigenvalue weighted by atomic mass is 10.0. The maximum atomic E-state index is 13.6. The van der Waals surface area contributed by atoms with Crippen molar-refractivity contribution in [3.63, 3.8) is 0 Å². The number of hydrogen-bond donors (Lipinski definition) is 1. The zero-order valence-corrected chi connectivity index (χ0v) is 11.0. The number of benzene rings is 1. The van der Waals surface area contributed by atoms with Crippen molar-refractivity contribution in [1.82, 2.24) is 4.98 Å². The Labute approximate surface area is 106 Å². The van der Waals surface area contributed by atoms with E-state index in [-0.39, 0.29) is 21.7 Å². The maximum Gasteiger partial charge on any atom is 0.152 e. The van der Waals surface area contributed by atoms with Gasteiger partial charge in [0.15, 0.2) is 5.82 Å². The Hall–Kier alpha value is -1.23. The zero-order valence-electron chi connectivity index (χ0n) is 9.39. The highest BCUT2D eigenvalue weighted by molar-refractivity contribution is 9.10. The first-order chi connectivity index (χ1) is 7.91. The Balaban J connectivity index is 2.88. The van der Waals surface area contributed by atoms with Crippen LogP contribution >= 0.6 is 15.9 Å². The van der Waals surface area contributed by atoms with Crippen molar-refractivity contribution in [3.8, 4) is 0 Å². The second kappa shape index (κ2) is 4.22. The van der Waals surface area contributed by atoms with Crippen molar-refractivity contribution in [2.45, 2.75) is 19.8 Å². The van der Waals surface area contributed by atoms with E-state index in [1.807, 2.05) is 13.8 Å². The van der Waals surface area contributed by atoms with Gasteiger partial charge in [0, 0.05) is 11.5 Å². The molecule has 2 aromatic rings. The summed E-state index contributed by atoms with van der Waals surface area (Å²) < 4.78 is 27.2. The summed E-state index contributed by atoms with van der Waals surface area (Å²) in [5.41, 5.74) is 6.62. The molecule has 0 radical (unpaired) electrons. The molecular weight excluding hydrogens is 290 g/mol. The van der Waals surface area contributed by atoms with Gasteiger partial charge in [0.25, 0.3) is 0 Å². The van der Waals surface area contributed by atoms with Crippen molar-refractivity contribution >= 4 is 32.7 Å². The summed E-state index contributed by atoms with van der Waals surface area (Å²) in [4.78, 5) is 4.00. The maximum absolute atomic E-state index is 13.6. The molecule has 0 aliphatic heterocycles. The van der Waals surface area contributed by atoms with Gasteiger partial charge in [0.1, 0.15) is 17.2 Å². The van der Waals surface area contributed by atoms with Gasteiger partial charge in [-0.3, -0.25) is 0 Å². The van der Waals surface area contributed by atoms with Crippen molar-refractivity contribution in [1.29, 1.82) is 0 Å². The molecule has 2 rings (SSSR count). The molecule has 0 saturated heterocycles. The number of pyridine rings is 1. The highest BCUT2D eigenvalue weighted by atomic mass is 79.9. The van der Waals surface area contributed by atoms with Crippen molar-refractivity contribution in [3.05, 3.63) is 33.8 Å². The van der Waals surface area contributed by atoms with E-state index in [4.69, 9.17) is 5.73 Å². The lowest BCUT2D eigenvalue weighted by molar-refractivity contribution is 0.586. The molecule has 2 N–H and O–H groups in total. The van der Waals surface area contributed by atoms with Crippen LogP contribution in [0.25, 0.3) is 10.9 Å². The SMILES string of the molecule is CC(C)c1cc2c(Br)c(F)cc(F)c2nc1N. The predicted molar refractivity (Wildman–Crippen MR) is 67.9 cm³/mol. The topological polar surface area (TPSA) is 38.9 Å². The Bertz CT molecular complexity index is 597. The molecule has 2 nitrogen and oxygen atoms in total. The average Bonchev–Trinajstić information content (AvgIpc) is 2.25. The van der Waals surface area contributed by atoms with Crippen LogP contribution in [0, 0.1) is 11.6 Å². The van der Waals surface area contributed by atoms with Gasteiger partial charge in [-0.05, 0) is 33.5 Å². The predicted octanol–water partition coefficient (Wildman–Crippen LogP) is 3.98. The molecular formula is C12H11BrF2N2. The monoisotopic (exact) mass is 300 g/mol. The third kappa shape index (κ3) is 1.99. The van der Waals surface area contributed by atoms with Gasteiger partial charge >= 0.3 is 0 Å². The van der Waals surface area contributed by atoms with Gasteiger partial charge in [0.2, 0.25) is 0 Å².